The number of rotatable bonds is 6. The van der Waals surface area contributed by atoms with Crippen LogP contribution in [0, 0.1) is 36.0 Å². The average Bonchev–Trinajstić information content (AvgIpc) is 3.19. The van der Waals surface area contributed by atoms with Gasteiger partial charge in [0, 0.05) is 6.07 Å². The lowest BCUT2D eigenvalue weighted by atomic mass is 10.0. The number of ether oxygens (including phenoxy) is 4. The summed E-state index contributed by atoms with van der Waals surface area (Å²) in [7, 11) is 1.50. The Morgan fingerprint density at radius 3 is 2.24 bits per heavy atom. The third-order valence-electron chi connectivity index (χ3n) is 5.35. The molecule has 11 heteroatoms. The Kier molecular flexibility index (Phi) is 6.88. The van der Waals surface area contributed by atoms with Crippen molar-refractivity contribution in [3.8, 4) is 23.0 Å². The number of Topliss-reactive ketones (excluding diaryl/α,β-unsaturated/α-hetero) is 1. The molecule has 1 aliphatic rings. The molecule has 1 unspecified atom stereocenters. The summed E-state index contributed by atoms with van der Waals surface area (Å²) >= 11 is 0. The fourth-order valence-corrected chi connectivity index (χ4v) is 3.53. The van der Waals surface area contributed by atoms with Crippen molar-refractivity contribution in [3.05, 3.63) is 87.9 Å². The van der Waals surface area contributed by atoms with Crippen molar-refractivity contribution in [2.45, 2.75) is 20.0 Å². The van der Waals surface area contributed by atoms with Gasteiger partial charge in [0.25, 0.3) is 0 Å². The van der Waals surface area contributed by atoms with E-state index in [0.717, 1.165) is 6.92 Å². The Morgan fingerprint density at radius 2 is 1.59 bits per heavy atom. The van der Waals surface area contributed by atoms with Gasteiger partial charge in [-0.3, -0.25) is 4.79 Å². The third-order valence-corrected chi connectivity index (χ3v) is 5.35. The van der Waals surface area contributed by atoms with Crippen LogP contribution in [-0.4, -0.2) is 25.0 Å². The van der Waals surface area contributed by atoms with Crippen LogP contribution in [0.4, 0.5) is 22.0 Å². The first-order valence-electron chi connectivity index (χ1n) is 10.6. The van der Waals surface area contributed by atoms with Crippen LogP contribution in [0.1, 0.15) is 28.4 Å². The number of fused-ring (bicyclic) bond motifs is 1. The molecular formula is C26H17F5O6. The number of hydrogen-bond donors (Lipinski definition) is 0. The summed E-state index contributed by atoms with van der Waals surface area (Å²) < 4.78 is 88.4. The van der Waals surface area contributed by atoms with Crippen LogP contribution in [0.3, 0.4) is 0 Å². The first kappa shape index (κ1) is 25.7. The van der Waals surface area contributed by atoms with Gasteiger partial charge in [0.1, 0.15) is 17.2 Å². The molecule has 0 aromatic heterocycles. The zero-order valence-electron chi connectivity index (χ0n) is 19.5. The van der Waals surface area contributed by atoms with Gasteiger partial charge in [-0.05, 0) is 49.2 Å². The summed E-state index contributed by atoms with van der Waals surface area (Å²) in [6.45, 7) is 2.57. The van der Waals surface area contributed by atoms with E-state index in [4.69, 9.17) is 18.9 Å². The van der Waals surface area contributed by atoms with Crippen molar-refractivity contribution in [1.82, 2.24) is 0 Å². The summed E-state index contributed by atoms with van der Waals surface area (Å²) in [5.74, 6) is -13.9. The smallest absolute Gasteiger partial charge is 0.352 e. The van der Waals surface area contributed by atoms with E-state index in [1.54, 1.807) is 31.2 Å². The maximum absolute atomic E-state index is 13.9. The highest BCUT2D eigenvalue weighted by Gasteiger charge is 2.32. The van der Waals surface area contributed by atoms with E-state index in [0.29, 0.717) is 16.9 Å². The molecule has 0 aliphatic carbocycles. The molecule has 3 aromatic rings. The molecule has 1 heterocycles. The van der Waals surface area contributed by atoms with Gasteiger partial charge >= 0.3 is 5.97 Å². The van der Waals surface area contributed by atoms with Crippen molar-refractivity contribution in [1.29, 1.82) is 0 Å². The van der Waals surface area contributed by atoms with Gasteiger partial charge in [-0.25, -0.2) is 18.0 Å². The quantitative estimate of drug-likeness (QED) is 0.104. The van der Waals surface area contributed by atoms with E-state index in [-0.39, 0.29) is 22.8 Å². The first-order valence-corrected chi connectivity index (χ1v) is 10.6. The molecule has 37 heavy (non-hydrogen) atoms. The number of aryl methyl sites for hydroxylation is 1. The molecular weight excluding hydrogens is 503 g/mol. The molecule has 0 saturated carbocycles. The van der Waals surface area contributed by atoms with Gasteiger partial charge in [0.2, 0.25) is 34.9 Å². The van der Waals surface area contributed by atoms with Crippen LogP contribution < -0.4 is 18.9 Å². The van der Waals surface area contributed by atoms with Crippen molar-refractivity contribution in [3.63, 3.8) is 0 Å². The normalized spacial score (nSPS) is 14.3. The van der Waals surface area contributed by atoms with Crippen LogP contribution in [0.25, 0.3) is 6.08 Å². The molecule has 0 saturated heterocycles. The lowest BCUT2D eigenvalue weighted by Crippen LogP contribution is -2.29. The van der Waals surface area contributed by atoms with Crippen LogP contribution in [0.5, 0.6) is 23.0 Å². The summed E-state index contributed by atoms with van der Waals surface area (Å²) in [4.78, 5) is 25.3. The second-order valence-electron chi connectivity index (χ2n) is 7.91. The predicted octanol–water partition coefficient (Wildman–Crippen LogP) is 5.69. The molecule has 3 aromatic carbocycles. The molecule has 0 N–H and O–H groups in total. The van der Waals surface area contributed by atoms with Crippen molar-refractivity contribution in [2.75, 3.05) is 7.11 Å². The van der Waals surface area contributed by atoms with Gasteiger partial charge in [0.05, 0.1) is 12.7 Å². The van der Waals surface area contributed by atoms with Crippen LogP contribution in [0.15, 0.2) is 42.2 Å². The van der Waals surface area contributed by atoms with Crippen LogP contribution in [-0.2, 0) is 4.79 Å². The van der Waals surface area contributed by atoms with E-state index >= 15 is 0 Å². The standard InChI is InChI=1S/C26H17F5O6/c1-11-7-15(36-26(33)12(2)35-25-22(30)20(28)19(27)21(29)23(25)31)10-16-18(11)24(32)17(37-16)9-13-5-4-6-14(8-13)34-3/h4-10,12H,1-3H3/b17-9-. The predicted molar refractivity (Wildman–Crippen MR) is 119 cm³/mol. The monoisotopic (exact) mass is 520 g/mol. The summed E-state index contributed by atoms with van der Waals surface area (Å²) in [6.07, 6.45) is -0.261. The topological polar surface area (TPSA) is 71.1 Å². The van der Waals surface area contributed by atoms with Gasteiger partial charge in [-0.1, -0.05) is 12.1 Å². The molecule has 0 radical (unpaired) electrons. The maximum Gasteiger partial charge on any atom is 0.352 e. The Labute approximate surface area is 206 Å². The van der Waals surface area contributed by atoms with E-state index in [1.807, 2.05) is 0 Å². The van der Waals surface area contributed by atoms with Crippen molar-refractivity contribution in [2.24, 2.45) is 0 Å². The van der Waals surface area contributed by atoms with Crippen LogP contribution in [0.2, 0.25) is 0 Å². The number of carbonyl (C=O) groups excluding carboxylic acids is 2. The Bertz CT molecular complexity index is 1440. The van der Waals surface area contributed by atoms with E-state index in [1.165, 1.54) is 25.3 Å². The first-order chi connectivity index (χ1) is 17.5. The third kappa shape index (κ3) is 4.84. The largest absolute Gasteiger partial charge is 0.497 e. The number of ketones is 1. The van der Waals surface area contributed by atoms with Crippen molar-refractivity contribution >= 4 is 17.8 Å². The number of halogens is 5. The van der Waals surface area contributed by atoms with Gasteiger partial charge in [0.15, 0.2) is 17.6 Å². The second kappa shape index (κ2) is 9.92. The minimum Gasteiger partial charge on any atom is -0.497 e. The molecule has 6 nitrogen and oxygen atoms in total. The Balaban J connectivity index is 1.53. The summed E-state index contributed by atoms with van der Waals surface area (Å²) in [5.41, 5.74) is 1.27. The van der Waals surface area contributed by atoms with E-state index in [9.17, 15) is 31.5 Å². The maximum atomic E-state index is 13.9. The average molecular weight is 520 g/mol. The molecule has 192 valence electrons. The number of benzene rings is 3. The molecule has 1 atom stereocenters. The van der Waals surface area contributed by atoms with E-state index < -0.39 is 52.7 Å². The fraction of sp³-hybridized carbons (Fsp3) is 0.154. The lowest BCUT2D eigenvalue weighted by Gasteiger charge is -2.16. The number of carbonyl (C=O) groups is 2. The SMILES string of the molecule is COc1cccc(/C=C2\Oc3cc(OC(=O)C(C)Oc4c(F)c(F)c(F)c(F)c4F)cc(C)c3C2=O)c1. The Morgan fingerprint density at radius 1 is 0.946 bits per heavy atom. The number of allylic oxidation sites excluding steroid dienone is 1. The van der Waals surface area contributed by atoms with Gasteiger partial charge in [-0.15, -0.1) is 0 Å². The molecule has 0 bridgehead atoms. The molecule has 0 fully saturated rings. The minimum atomic E-state index is -2.36. The zero-order chi connectivity index (χ0) is 27.0. The molecule has 4 rings (SSSR count). The van der Waals surface area contributed by atoms with Crippen LogP contribution >= 0.6 is 0 Å². The number of hydrogen-bond acceptors (Lipinski definition) is 6. The molecule has 1 aliphatic heterocycles. The van der Waals surface area contributed by atoms with Crippen molar-refractivity contribution < 1.29 is 50.5 Å². The van der Waals surface area contributed by atoms with Gasteiger partial charge < -0.3 is 18.9 Å². The second-order valence-corrected chi connectivity index (χ2v) is 7.91. The fourth-order valence-electron chi connectivity index (χ4n) is 3.53. The highest BCUT2D eigenvalue weighted by atomic mass is 19.2. The summed E-state index contributed by atoms with van der Waals surface area (Å²) in [6, 6.07) is 9.48. The lowest BCUT2D eigenvalue weighted by molar-refractivity contribution is -0.141. The number of methoxy groups -OCH3 is 1. The molecule has 0 amide bonds. The highest BCUT2D eigenvalue weighted by Crippen LogP contribution is 2.38. The highest BCUT2D eigenvalue weighted by molar-refractivity contribution is 6.15. The molecule has 0 spiro atoms. The minimum absolute atomic E-state index is 0.0119. The van der Waals surface area contributed by atoms with E-state index in [2.05, 4.69) is 0 Å². The Hall–Kier alpha value is -4.41. The van der Waals surface area contributed by atoms with Gasteiger partial charge in [-0.2, -0.15) is 8.78 Å². The number of esters is 1. The zero-order valence-corrected chi connectivity index (χ0v) is 19.5. The summed E-state index contributed by atoms with van der Waals surface area (Å²) in [5, 5.41) is 0.